The first-order valence-electron chi connectivity index (χ1n) is 11.5. The molecule has 0 N–H and O–H groups in total. The van der Waals surface area contributed by atoms with Crippen molar-refractivity contribution in [3.05, 3.63) is 83.4 Å². The minimum atomic E-state index is -4.66. The maximum absolute atomic E-state index is 12.3. The van der Waals surface area contributed by atoms with E-state index in [1.54, 1.807) is 19.2 Å². The summed E-state index contributed by atoms with van der Waals surface area (Å²) in [5.41, 5.74) is 6.24. The van der Waals surface area contributed by atoms with Crippen LogP contribution in [0.25, 0.3) is 11.1 Å². The van der Waals surface area contributed by atoms with Crippen molar-refractivity contribution in [3.8, 4) is 22.6 Å². The van der Waals surface area contributed by atoms with Crippen LogP contribution in [0.1, 0.15) is 48.3 Å². The third-order valence-electron chi connectivity index (χ3n) is 6.59. The number of hydrogen-bond donors (Lipinski definition) is 0. The molecule has 0 fully saturated rings. The lowest BCUT2D eigenvalue weighted by atomic mass is 9.95. The molecule has 180 valence electrons. The van der Waals surface area contributed by atoms with E-state index in [2.05, 4.69) is 46.9 Å². The summed E-state index contributed by atoms with van der Waals surface area (Å²) in [5, 5.41) is 0. The maximum atomic E-state index is 12.3. The van der Waals surface area contributed by atoms with Gasteiger partial charge in [-0.1, -0.05) is 49.4 Å². The number of halogens is 3. The fourth-order valence-electron chi connectivity index (χ4n) is 4.85. The van der Waals surface area contributed by atoms with Crippen LogP contribution < -0.4 is 9.47 Å². The van der Waals surface area contributed by atoms with Crippen LogP contribution in [0.2, 0.25) is 0 Å². The van der Waals surface area contributed by atoms with Gasteiger partial charge in [-0.3, -0.25) is 0 Å². The molecular formula is C28H30F3NO2. The summed E-state index contributed by atoms with van der Waals surface area (Å²) >= 11 is 0. The monoisotopic (exact) mass is 469 g/mol. The zero-order valence-electron chi connectivity index (χ0n) is 19.7. The van der Waals surface area contributed by atoms with Crippen molar-refractivity contribution in [2.75, 3.05) is 20.7 Å². The second-order valence-electron chi connectivity index (χ2n) is 9.12. The van der Waals surface area contributed by atoms with Gasteiger partial charge in [0.05, 0.1) is 7.11 Å². The molecule has 34 heavy (non-hydrogen) atoms. The molecule has 0 saturated carbocycles. The van der Waals surface area contributed by atoms with Crippen molar-refractivity contribution in [1.82, 2.24) is 4.90 Å². The van der Waals surface area contributed by atoms with Crippen molar-refractivity contribution in [2.24, 2.45) is 0 Å². The SMILES string of the molecule is COc1ccc(-c2ccc3c(c2)[C@H](C)C[C@H]3CCN(C)Cc2ccc(OC(F)(F)F)cc2)cc1. The summed E-state index contributed by atoms with van der Waals surface area (Å²) in [6.45, 7) is 3.89. The lowest BCUT2D eigenvalue weighted by molar-refractivity contribution is -0.274. The van der Waals surface area contributed by atoms with E-state index >= 15 is 0 Å². The van der Waals surface area contributed by atoms with E-state index in [0.29, 0.717) is 18.4 Å². The smallest absolute Gasteiger partial charge is 0.497 e. The zero-order chi connectivity index (χ0) is 24.3. The van der Waals surface area contributed by atoms with Crippen LogP contribution in [0.4, 0.5) is 13.2 Å². The molecule has 0 aliphatic heterocycles. The highest BCUT2D eigenvalue weighted by molar-refractivity contribution is 5.66. The summed E-state index contributed by atoms with van der Waals surface area (Å²) in [5.74, 6) is 1.70. The van der Waals surface area contributed by atoms with E-state index in [0.717, 1.165) is 30.7 Å². The molecule has 6 heteroatoms. The molecule has 0 amide bonds. The molecule has 0 bridgehead atoms. The summed E-state index contributed by atoms with van der Waals surface area (Å²) in [6.07, 6.45) is -2.48. The summed E-state index contributed by atoms with van der Waals surface area (Å²) in [4.78, 5) is 2.22. The second-order valence-corrected chi connectivity index (χ2v) is 9.12. The number of fused-ring (bicyclic) bond motifs is 1. The molecule has 0 radical (unpaired) electrons. The molecule has 0 saturated heterocycles. The normalized spacial score (nSPS) is 17.6. The summed E-state index contributed by atoms with van der Waals surface area (Å²) < 4.78 is 46.2. The standard InChI is InChI=1S/C28H30F3NO2/c1-19-16-23(14-15-32(2)18-20-4-9-25(10-5-20)34-28(29,30)31)26-13-8-22(17-27(19)26)21-6-11-24(33-3)12-7-21/h4-13,17,19,23H,14-16,18H2,1-3H3/t19-,23-/m1/s1. The van der Waals surface area contributed by atoms with Crippen molar-refractivity contribution in [1.29, 1.82) is 0 Å². The first kappa shape index (κ1) is 24.1. The Labute approximate surface area is 199 Å². The Morgan fingerprint density at radius 3 is 2.18 bits per heavy atom. The Hall–Kier alpha value is -2.99. The lowest BCUT2D eigenvalue weighted by Gasteiger charge is -2.20. The van der Waals surface area contributed by atoms with Crippen LogP contribution in [0.3, 0.4) is 0 Å². The minimum Gasteiger partial charge on any atom is -0.497 e. The Bertz CT molecular complexity index is 1090. The van der Waals surface area contributed by atoms with Crippen LogP contribution in [0.15, 0.2) is 66.7 Å². The summed E-state index contributed by atoms with van der Waals surface area (Å²) in [6, 6.07) is 21.1. The van der Waals surface area contributed by atoms with Crippen molar-refractivity contribution in [3.63, 3.8) is 0 Å². The van der Waals surface area contributed by atoms with Crippen LogP contribution in [0, 0.1) is 0 Å². The van der Waals surface area contributed by atoms with Gasteiger partial charge in [0.1, 0.15) is 11.5 Å². The number of ether oxygens (including phenoxy) is 2. The van der Waals surface area contributed by atoms with E-state index in [-0.39, 0.29) is 5.75 Å². The lowest BCUT2D eigenvalue weighted by Crippen LogP contribution is -2.20. The number of rotatable bonds is 8. The van der Waals surface area contributed by atoms with Crippen LogP contribution in [-0.2, 0) is 6.54 Å². The molecule has 3 nitrogen and oxygen atoms in total. The van der Waals surface area contributed by atoms with Crippen molar-refractivity contribution < 1.29 is 22.6 Å². The number of nitrogens with zero attached hydrogens (tertiary/aromatic N) is 1. The maximum Gasteiger partial charge on any atom is 0.573 e. The Balaban J connectivity index is 1.35. The molecule has 0 spiro atoms. The number of alkyl halides is 3. The third-order valence-corrected chi connectivity index (χ3v) is 6.59. The molecule has 0 aromatic heterocycles. The largest absolute Gasteiger partial charge is 0.573 e. The first-order valence-corrected chi connectivity index (χ1v) is 11.5. The highest BCUT2D eigenvalue weighted by Gasteiger charge is 2.31. The quantitative estimate of drug-likeness (QED) is 0.344. The Morgan fingerprint density at radius 2 is 1.53 bits per heavy atom. The van der Waals surface area contributed by atoms with Crippen LogP contribution in [-0.4, -0.2) is 32.0 Å². The highest BCUT2D eigenvalue weighted by atomic mass is 19.4. The second kappa shape index (κ2) is 10.1. The predicted molar refractivity (Wildman–Crippen MR) is 128 cm³/mol. The molecule has 3 aromatic rings. The van der Waals surface area contributed by atoms with Crippen LogP contribution in [0.5, 0.6) is 11.5 Å². The van der Waals surface area contributed by atoms with Gasteiger partial charge >= 0.3 is 6.36 Å². The highest BCUT2D eigenvalue weighted by Crippen LogP contribution is 2.44. The molecule has 0 unspecified atom stereocenters. The average molecular weight is 470 g/mol. The van der Waals surface area contributed by atoms with E-state index in [9.17, 15) is 13.2 Å². The Kier molecular flexibility index (Phi) is 7.17. The topological polar surface area (TPSA) is 21.7 Å². The fourth-order valence-corrected chi connectivity index (χ4v) is 4.85. The molecular weight excluding hydrogens is 439 g/mol. The fraction of sp³-hybridized carbons (Fsp3) is 0.357. The first-order chi connectivity index (χ1) is 16.2. The van der Waals surface area contributed by atoms with Gasteiger partial charge in [-0.15, -0.1) is 13.2 Å². The zero-order valence-corrected chi connectivity index (χ0v) is 19.7. The molecule has 1 aliphatic rings. The van der Waals surface area contributed by atoms with Gasteiger partial charge in [0, 0.05) is 6.54 Å². The van der Waals surface area contributed by atoms with Crippen molar-refractivity contribution in [2.45, 2.75) is 44.5 Å². The molecule has 0 heterocycles. The van der Waals surface area contributed by atoms with Gasteiger partial charge in [0.15, 0.2) is 0 Å². The Morgan fingerprint density at radius 1 is 0.882 bits per heavy atom. The van der Waals surface area contributed by atoms with Gasteiger partial charge < -0.3 is 14.4 Å². The molecule has 3 aromatic carbocycles. The van der Waals surface area contributed by atoms with Crippen LogP contribution >= 0.6 is 0 Å². The number of benzene rings is 3. The molecule has 1 aliphatic carbocycles. The van der Waals surface area contributed by atoms with Gasteiger partial charge in [-0.25, -0.2) is 0 Å². The van der Waals surface area contributed by atoms with Gasteiger partial charge in [-0.05, 0) is 90.4 Å². The van der Waals surface area contributed by atoms with Gasteiger partial charge in [-0.2, -0.15) is 0 Å². The molecule has 4 rings (SSSR count). The minimum absolute atomic E-state index is 0.190. The van der Waals surface area contributed by atoms with E-state index in [1.165, 1.54) is 34.4 Å². The average Bonchev–Trinajstić information content (AvgIpc) is 3.13. The predicted octanol–water partition coefficient (Wildman–Crippen LogP) is 7.37. The van der Waals surface area contributed by atoms with E-state index in [1.807, 2.05) is 19.2 Å². The van der Waals surface area contributed by atoms with Gasteiger partial charge in [0.2, 0.25) is 0 Å². The number of methoxy groups -OCH3 is 1. The number of hydrogen-bond acceptors (Lipinski definition) is 3. The summed E-state index contributed by atoms with van der Waals surface area (Å²) in [7, 11) is 3.72. The molecule has 2 atom stereocenters. The van der Waals surface area contributed by atoms with E-state index < -0.39 is 6.36 Å². The van der Waals surface area contributed by atoms with E-state index in [4.69, 9.17) is 4.74 Å². The van der Waals surface area contributed by atoms with Gasteiger partial charge in [0.25, 0.3) is 0 Å². The van der Waals surface area contributed by atoms with Crippen molar-refractivity contribution >= 4 is 0 Å². The third kappa shape index (κ3) is 5.92.